The average Bonchev–Trinajstić information content (AvgIpc) is 2.64. The number of rotatable bonds is 2. The fourth-order valence-corrected chi connectivity index (χ4v) is 2.67. The Labute approximate surface area is 153 Å². The van der Waals surface area contributed by atoms with Gasteiger partial charge in [0, 0.05) is 23.2 Å². The van der Waals surface area contributed by atoms with Gasteiger partial charge in [0.2, 0.25) is 5.91 Å². The Kier molecular flexibility index (Phi) is 5.17. The summed E-state index contributed by atoms with van der Waals surface area (Å²) in [7, 11) is 0. The van der Waals surface area contributed by atoms with Crippen molar-refractivity contribution in [2.45, 2.75) is 19.0 Å². The van der Waals surface area contributed by atoms with Crippen molar-refractivity contribution in [3.8, 4) is 11.8 Å². The average molecular weight is 372 g/mol. The van der Waals surface area contributed by atoms with E-state index in [2.05, 4.69) is 22.5 Å². The number of anilines is 1. The van der Waals surface area contributed by atoms with E-state index in [1.807, 2.05) is 0 Å². The van der Waals surface area contributed by atoms with Gasteiger partial charge in [-0.1, -0.05) is 17.9 Å². The van der Waals surface area contributed by atoms with Gasteiger partial charge in [0.1, 0.15) is 0 Å². The molecule has 0 aliphatic carbocycles. The van der Waals surface area contributed by atoms with Gasteiger partial charge >= 0.3 is 6.18 Å². The number of halogens is 3. The zero-order valence-electron chi connectivity index (χ0n) is 14.1. The summed E-state index contributed by atoms with van der Waals surface area (Å²) in [5, 5.41) is 5.35. The van der Waals surface area contributed by atoms with E-state index in [1.54, 1.807) is 18.2 Å². The Morgan fingerprint density at radius 3 is 2.74 bits per heavy atom. The third-order valence-corrected chi connectivity index (χ3v) is 4.02. The van der Waals surface area contributed by atoms with Crippen LogP contribution in [0.2, 0.25) is 0 Å². The molecular formula is C20H15F3N2O2. The Hall–Kier alpha value is -3.27. The van der Waals surface area contributed by atoms with Crippen molar-refractivity contribution in [1.82, 2.24) is 5.32 Å². The van der Waals surface area contributed by atoms with Crippen LogP contribution in [-0.4, -0.2) is 18.4 Å². The van der Waals surface area contributed by atoms with Crippen LogP contribution in [0.25, 0.3) is 0 Å². The third-order valence-electron chi connectivity index (χ3n) is 4.02. The van der Waals surface area contributed by atoms with Crippen LogP contribution < -0.4 is 10.6 Å². The highest BCUT2D eigenvalue weighted by Gasteiger charge is 2.30. The first kappa shape index (κ1) is 18.5. The first-order chi connectivity index (χ1) is 12.8. The molecule has 3 rings (SSSR count). The summed E-state index contributed by atoms with van der Waals surface area (Å²) in [5.74, 6) is 4.86. The van der Waals surface area contributed by atoms with Crippen molar-refractivity contribution in [1.29, 1.82) is 0 Å². The summed E-state index contributed by atoms with van der Waals surface area (Å²) in [5.41, 5.74) is 1.48. The quantitative estimate of drug-likeness (QED) is 0.794. The molecule has 2 aromatic rings. The number of alkyl halides is 3. The molecule has 2 amide bonds. The summed E-state index contributed by atoms with van der Waals surface area (Å²) in [4.78, 5) is 23.5. The first-order valence-electron chi connectivity index (χ1n) is 8.20. The lowest BCUT2D eigenvalue weighted by Gasteiger charge is -2.17. The number of hydrogen-bond acceptors (Lipinski definition) is 2. The van der Waals surface area contributed by atoms with Crippen LogP contribution in [0.5, 0.6) is 0 Å². The van der Waals surface area contributed by atoms with Crippen LogP contribution in [0.1, 0.15) is 33.5 Å². The van der Waals surface area contributed by atoms with Gasteiger partial charge in [-0.2, -0.15) is 13.2 Å². The normalized spacial score (nSPS) is 13.1. The highest BCUT2D eigenvalue weighted by Crippen LogP contribution is 2.29. The smallest absolute Gasteiger partial charge is 0.341 e. The van der Waals surface area contributed by atoms with E-state index in [0.29, 0.717) is 24.1 Å². The monoisotopic (exact) mass is 372 g/mol. The third kappa shape index (κ3) is 4.67. The number of nitrogens with one attached hydrogen (secondary N) is 2. The maximum Gasteiger partial charge on any atom is 0.416 e. The van der Waals surface area contributed by atoms with Crippen molar-refractivity contribution in [3.63, 3.8) is 0 Å². The summed E-state index contributed by atoms with van der Waals surface area (Å²) in [6.07, 6.45) is -3.48. The van der Waals surface area contributed by atoms with Crippen LogP contribution >= 0.6 is 0 Å². The van der Waals surface area contributed by atoms with Crippen LogP contribution in [0, 0.1) is 11.8 Å². The van der Waals surface area contributed by atoms with Gasteiger partial charge in [0.15, 0.2) is 0 Å². The van der Waals surface area contributed by atoms with Gasteiger partial charge in [-0.3, -0.25) is 9.59 Å². The topological polar surface area (TPSA) is 58.2 Å². The molecule has 0 saturated heterocycles. The van der Waals surface area contributed by atoms with E-state index in [1.165, 1.54) is 12.1 Å². The van der Waals surface area contributed by atoms with Gasteiger partial charge in [-0.15, -0.1) is 0 Å². The number of amides is 2. The van der Waals surface area contributed by atoms with Crippen molar-refractivity contribution in [2.75, 3.05) is 11.9 Å². The second kappa shape index (κ2) is 7.54. The summed E-state index contributed by atoms with van der Waals surface area (Å²) < 4.78 is 38.0. The van der Waals surface area contributed by atoms with Crippen LogP contribution in [0.15, 0.2) is 42.5 Å². The molecule has 0 aromatic heterocycles. The fourth-order valence-electron chi connectivity index (χ4n) is 2.67. The lowest BCUT2D eigenvalue weighted by molar-refractivity contribution is -0.137. The van der Waals surface area contributed by atoms with E-state index >= 15 is 0 Å². The molecule has 7 heteroatoms. The molecule has 0 atom stereocenters. The Balaban J connectivity index is 1.61. The molecule has 2 N–H and O–H groups in total. The summed E-state index contributed by atoms with van der Waals surface area (Å²) >= 11 is 0. The molecule has 27 heavy (non-hydrogen) atoms. The lowest BCUT2D eigenvalue weighted by atomic mass is 10.00. The molecule has 1 aliphatic rings. The van der Waals surface area contributed by atoms with Gasteiger partial charge in [-0.25, -0.2) is 0 Å². The number of hydrogen-bond donors (Lipinski definition) is 2. The largest absolute Gasteiger partial charge is 0.416 e. The van der Waals surface area contributed by atoms with E-state index in [0.717, 1.165) is 17.7 Å². The Morgan fingerprint density at radius 2 is 1.96 bits per heavy atom. The fraction of sp³-hybridized carbons (Fsp3) is 0.200. The Morgan fingerprint density at radius 1 is 1.15 bits per heavy atom. The number of aryl methyl sites for hydroxylation is 1. The van der Waals surface area contributed by atoms with Crippen molar-refractivity contribution >= 4 is 17.5 Å². The standard InChI is InChI=1S/C20H15F3N2O2/c21-20(22,23)16-5-1-3-13(11-16)4-2-10-24-19(27)15-6-8-17-14(12-15)7-9-18(26)25-17/h1,3,5-6,8,11-12H,7,9-10H2,(H,24,27)(H,25,26). The summed E-state index contributed by atoms with van der Waals surface area (Å²) in [6.45, 7) is 0.00288. The molecule has 138 valence electrons. The van der Waals surface area contributed by atoms with E-state index in [-0.39, 0.29) is 23.9 Å². The molecule has 2 aromatic carbocycles. The molecular weight excluding hydrogens is 357 g/mol. The molecule has 0 saturated carbocycles. The summed E-state index contributed by atoms with van der Waals surface area (Å²) in [6, 6.07) is 9.69. The minimum atomic E-state index is -4.42. The van der Waals surface area contributed by atoms with E-state index in [4.69, 9.17) is 0 Å². The molecule has 0 fully saturated rings. The van der Waals surface area contributed by atoms with Crippen LogP contribution in [0.3, 0.4) is 0 Å². The highest BCUT2D eigenvalue weighted by atomic mass is 19.4. The molecule has 1 aliphatic heterocycles. The predicted molar refractivity (Wildman–Crippen MR) is 94.0 cm³/mol. The van der Waals surface area contributed by atoms with E-state index in [9.17, 15) is 22.8 Å². The van der Waals surface area contributed by atoms with E-state index < -0.39 is 11.7 Å². The predicted octanol–water partition coefficient (Wildman–Crippen LogP) is 3.37. The number of carbonyl (C=O) groups is 2. The zero-order chi connectivity index (χ0) is 19.4. The SMILES string of the molecule is O=C1CCc2cc(C(=O)NCC#Cc3cccc(C(F)(F)F)c3)ccc2N1. The molecule has 1 heterocycles. The lowest BCUT2D eigenvalue weighted by Crippen LogP contribution is -2.24. The minimum Gasteiger partial charge on any atom is -0.341 e. The molecule has 4 nitrogen and oxygen atoms in total. The molecule has 0 radical (unpaired) electrons. The molecule has 0 bridgehead atoms. The van der Waals surface area contributed by atoms with Crippen molar-refractivity contribution in [2.24, 2.45) is 0 Å². The second-order valence-corrected chi connectivity index (χ2v) is 5.98. The highest BCUT2D eigenvalue weighted by molar-refractivity contribution is 5.98. The van der Waals surface area contributed by atoms with Crippen molar-refractivity contribution in [3.05, 3.63) is 64.7 Å². The second-order valence-electron chi connectivity index (χ2n) is 5.98. The minimum absolute atomic E-state index is 0.00288. The number of carbonyl (C=O) groups excluding carboxylic acids is 2. The number of fused-ring (bicyclic) bond motifs is 1. The molecule has 0 spiro atoms. The van der Waals surface area contributed by atoms with Crippen molar-refractivity contribution < 1.29 is 22.8 Å². The van der Waals surface area contributed by atoms with Gasteiger partial charge in [0.25, 0.3) is 5.91 Å². The molecule has 0 unspecified atom stereocenters. The number of benzene rings is 2. The van der Waals surface area contributed by atoms with Gasteiger partial charge < -0.3 is 10.6 Å². The van der Waals surface area contributed by atoms with Gasteiger partial charge in [0.05, 0.1) is 12.1 Å². The van der Waals surface area contributed by atoms with Crippen LogP contribution in [-0.2, 0) is 17.4 Å². The van der Waals surface area contributed by atoms with Gasteiger partial charge in [-0.05, 0) is 48.4 Å². The zero-order valence-corrected chi connectivity index (χ0v) is 14.1. The maximum absolute atomic E-state index is 12.7. The maximum atomic E-state index is 12.7. The first-order valence-corrected chi connectivity index (χ1v) is 8.20. The Bertz CT molecular complexity index is 956. The van der Waals surface area contributed by atoms with Crippen LogP contribution in [0.4, 0.5) is 18.9 Å².